The van der Waals surface area contributed by atoms with Gasteiger partial charge in [-0.05, 0) is 54.1 Å². The van der Waals surface area contributed by atoms with E-state index >= 15 is 0 Å². The number of nitrogens with zero attached hydrogens (tertiary/aromatic N) is 3. The van der Waals surface area contributed by atoms with Crippen molar-refractivity contribution >= 4 is 45.9 Å². The number of rotatable bonds is 9. The van der Waals surface area contributed by atoms with E-state index in [2.05, 4.69) is 59.1 Å². The maximum atomic E-state index is 13.6. The highest BCUT2D eigenvalue weighted by Gasteiger charge is 2.26. The molecular formula is C36H32ClN5OS. The van der Waals surface area contributed by atoms with Crippen molar-refractivity contribution in [2.45, 2.75) is 37.2 Å². The van der Waals surface area contributed by atoms with Crippen molar-refractivity contribution in [2.24, 2.45) is 0 Å². The van der Waals surface area contributed by atoms with E-state index in [-0.39, 0.29) is 6.03 Å². The summed E-state index contributed by atoms with van der Waals surface area (Å²) in [4.78, 5) is 13.6. The average Bonchev–Trinajstić information content (AvgIpc) is 3.45. The van der Waals surface area contributed by atoms with Crippen LogP contribution in [0.3, 0.4) is 0 Å². The van der Waals surface area contributed by atoms with E-state index in [0.29, 0.717) is 17.3 Å². The number of halogens is 1. The van der Waals surface area contributed by atoms with Crippen LogP contribution in [0.4, 0.5) is 10.5 Å². The van der Waals surface area contributed by atoms with E-state index in [4.69, 9.17) is 16.7 Å². The number of aryl methyl sites for hydroxylation is 2. The van der Waals surface area contributed by atoms with Gasteiger partial charge in [0.15, 0.2) is 11.0 Å². The SMILES string of the molecule is Cc1cccc(CSc2nnc([C@H](Cc3ccccc3)NC(=O)Nc3cccc4ccccc34)n2-c2cc(Cl)ccc2C)c1. The molecule has 0 fully saturated rings. The number of aromatic nitrogens is 3. The van der Waals surface area contributed by atoms with Gasteiger partial charge in [0.1, 0.15) is 0 Å². The number of thioether (sulfide) groups is 1. The van der Waals surface area contributed by atoms with Crippen LogP contribution in [0.15, 0.2) is 120 Å². The summed E-state index contributed by atoms with van der Waals surface area (Å²) in [5.41, 5.74) is 6.10. The van der Waals surface area contributed by atoms with Crippen molar-refractivity contribution in [1.29, 1.82) is 0 Å². The number of carbonyl (C=O) groups excluding carboxylic acids is 1. The van der Waals surface area contributed by atoms with Crippen molar-refractivity contribution in [2.75, 3.05) is 5.32 Å². The fourth-order valence-corrected chi connectivity index (χ4v) is 6.37. The van der Waals surface area contributed by atoms with Crippen molar-refractivity contribution in [3.05, 3.63) is 148 Å². The summed E-state index contributed by atoms with van der Waals surface area (Å²) in [7, 11) is 0. The molecule has 5 aromatic carbocycles. The molecule has 0 aliphatic carbocycles. The summed E-state index contributed by atoms with van der Waals surface area (Å²) in [6.45, 7) is 4.13. The van der Waals surface area contributed by atoms with Gasteiger partial charge >= 0.3 is 6.03 Å². The van der Waals surface area contributed by atoms with Crippen LogP contribution in [0.5, 0.6) is 0 Å². The normalized spacial score (nSPS) is 11.8. The summed E-state index contributed by atoms with van der Waals surface area (Å²) in [5.74, 6) is 1.34. The Morgan fingerprint density at radius 3 is 2.43 bits per heavy atom. The largest absolute Gasteiger partial charge is 0.327 e. The Kier molecular flexibility index (Phi) is 8.96. The maximum Gasteiger partial charge on any atom is 0.319 e. The number of amides is 2. The van der Waals surface area contributed by atoms with Gasteiger partial charge in [0, 0.05) is 22.6 Å². The Morgan fingerprint density at radius 2 is 1.59 bits per heavy atom. The zero-order chi connectivity index (χ0) is 30.5. The minimum atomic E-state index is -0.494. The molecule has 0 radical (unpaired) electrons. The minimum absolute atomic E-state index is 0.325. The quantitative estimate of drug-likeness (QED) is 0.159. The predicted octanol–water partition coefficient (Wildman–Crippen LogP) is 9.09. The summed E-state index contributed by atoms with van der Waals surface area (Å²) in [6.07, 6.45) is 0.518. The molecule has 6 aromatic rings. The number of hydrogen-bond acceptors (Lipinski definition) is 4. The highest BCUT2D eigenvalue weighted by molar-refractivity contribution is 7.98. The smallest absolute Gasteiger partial charge is 0.319 e. The standard InChI is InChI=1S/C36H32ClN5OS/c1-24-10-8-13-27(20-24)23-44-36-41-40-34(42(36)33-22-29(37)19-18-25(33)2)32(21-26-11-4-3-5-12-26)39-35(43)38-31-17-9-15-28-14-6-7-16-30(28)31/h3-20,22,32H,21,23H2,1-2H3,(H2,38,39,43)/t32-/m0/s1. The fraction of sp³-hybridized carbons (Fsp3) is 0.139. The lowest BCUT2D eigenvalue weighted by atomic mass is 10.0. The molecule has 0 bridgehead atoms. The van der Waals surface area contributed by atoms with E-state index < -0.39 is 6.04 Å². The zero-order valence-corrected chi connectivity index (χ0v) is 26.1. The van der Waals surface area contributed by atoms with Crippen molar-refractivity contribution in [1.82, 2.24) is 20.1 Å². The molecule has 1 heterocycles. The Labute approximate surface area is 266 Å². The minimum Gasteiger partial charge on any atom is -0.327 e. The summed E-state index contributed by atoms with van der Waals surface area (Å²) in [5, 5.41) is 19.0. The highest BCUT2D eigenvalue weighted by Crippen LogP contribution is 2.32. The van der Waals surface area contributed by atoms with Gasteiger partial charge in [0.05, 0.1) is 17.4 Å². The fourth-order valence-electron chi connectivity index (χ4n) is 5.31. The van der Waals surface area contributed by atoms with Gasteiger partial charge < -0.3 is 10.6 Å². The monoisotopic (exact) mass is 617 g/mol. The van der Waals surface area contributed by atoms with E-state index in [1.807, 2.05) is 90.4 Å². The number of carbonyl (C=O) groups is 1. The molecule has 2 N–H and O–H groups in total. The molecule has 0 aliphatic rings. The zero-order valence-electron chi connectivity index (χ0n) is 24.5. The van der Waals surface area contributed by atoms with Crippen LogP contribution in [0.25, 0.3) is 16.5 Å². The van der Waals surface area contributed by atoms with Crippen LogP contribution in [0.1, 0.15) is 34.1 Å². The van der Waals surface area contributed by atoms with Crippen molar-refractivity contribution in [3.63, 3.8) is 0 Å². The Morgan fingerprint density at radius 1 is 0.841 bits per heavy atom. The highest BCUT2D eigenvalue weighted by atomic mass is 35.5. The molecule has 6 rings (SSSR count). The van der Waals surface area contributed by atoms with E-state index in [9.17, 15) is 4.79 Å². The summed E-state index contributed by atoms with van der Waals surface area (Å²) in [6, 6.07) is 37.4. The lowest BCUT2D eigenvalue weighted by Crippen LogP contribution is -2.35. The van der Waals surface area contributed by atoms with Crippen LogP contribution in [-0.4, -0.2) is 20.8 Å². The second-order valence-electron chi connectivity index (χ2n) is 10.8. The molecular weight excluding hydrogens is 586 g/mol. The first-order chi connectivity index (χ1) is 21.4. The molecule has 1 aromatic heterocycles. The van der Waals surface area contributed by atoms with Gasteiger partial charge in [-0.2, -0.15) is 0 Å². The van der Waals surface area contributed by atoms with Crippen LogP contribution < -0.4 is 10.6 Å². The second-order valence-corrected chi connectivity index (χ2v) is 12.1. The van der Waals surface area contributed by atoms with Crippen molar-refractivity contribution < 1.29 is 4.79 Å². The van der Waals surface area contributed by atoms with E-state index in [1.165, 1.54) is 11.1 Å². The van der Waals surface area contributed by atoms with Crippen LogP contribution in [-0.2, 0) is 12.2 Å². The third-order valence-corrected chi connectivity index (χ3v) is 8.69. The molecule has 0 unspecified atom stereocenters. The molecule has 220 valence electrons. The molecule has 0 aliphatic heterocycles. The number of urea groups is 1. The Hall–Kier alpha value is -4.59. The first-order valence-corrected chi connectivity index (χ1v) is 15.8. The Bertz CT molecular complexity index is 1920. The summed E-state index contributed by atoms with van der Waals surface area (Å²) >= 11 is 8.12. The van der Waals surface area contributed by atoms with Gasteiger partial charge in [-0.25, -0.2) is 4.79 Å². The van der Waals surface area contributed by atoms with Gasteiger partial charge in [-0.1, -0.05) is 126 Å². The molecule has 0 saturated heterocycles. The number of hydrogen-bond donors (Lipinski definition) is 2. The number of fused-ring (bicyclic) bond motifs is 1. The summed E-state index contributed by atoms with van der Waals surface area (Å²) < 4.78 is 2.04. The number of benzene rings is 5. The second kappa shape index (κ2) is 13.4. The molecule has 44 heavy (non-hydrogen) atoms. The van der Waals surface area contributed by atoms with Crippen LogP contribution in [0, 0.1) is 13.8 Å². The van der Waals surface area contributed by atoms with Crippen LogP contribution >= 0.6 is 23.4 Å². The van der Waals surface area contributed by atoms with Gasteiger partial charge in [0.2, 0.25) is 0 Å². The average molecular weight is 618 g/mol. The third-order valence-electron chi connectivity index (χ3n) is 7.46. The lowest BCUT2D eigenvalue weighted by Gasteiger charge is -2.22. The molecule has 8 heteroatoms. The predicted molar refractivity (Wildman–Crippen MR) is 181 cm³/mol. The number of nitrogens with one attached hydrogen (secondary N) is 2. The van der Waals surface area contributed by atoms with Gasteiger partial charge in [-0.3, -0.25) is 4.57 Å². The first kappa shape index (κ1) is 29.5. The first-order valence-electron chi connectivity index (χ1n) is 14.4. The Balaban J connectivity index is 1.38. The molecule has 0 saturated carbocycles. The number of anilines is 1. The van der Waals surface area contributed by atoms with E-state index in [0.717, 1.165) is 44.2 Å². The molecule has 6 nitrogen and oxygen atoms in total. The third kappa shape index (κ3) is 6.80. The van der Waals surface area contributed by atoms with E-state index in [1.54, 1.807) is 11.8 Å². The lowest BCUT2D eigenvalue weighted by molar-refractivity contribution is 0.247. The van der Waals surface area contributed by atoms with Gasteiger partial charge in [0.25, 0.3) is 0 Å². The molecule has 1 atom stereocenters. The van der Waals surface area contributed by atoms with Crippen LogP contribution in [0.2, 0.25) is 5.02 Å². The molecule has 0 spiro atoms. The maximum absolute atomic E-state index is 13.6. The molecule has 2 amide bonds. The van der Waals surface area contributed by atoms with Crippen molar-refractivity contribution in [3.8, 4) is 5.69 Å². The topological polar surface area (TPSA) is 71.8 Å². The van der Waals surface area contributed by atoms with Gasteiger partial charge in [-0.15, -0.1) is 10.2 Å².